The van der Waals surface area contributed by atoms with Gasteiger partial charge in [0.15, 0.2) is 0 Å². The van der Waals surface area contributed by atoms with Crippen LogP contribution in [0.15, 0.2) is 22.5 Å². The van der Waals surface area contributed by atoms with E-state index >= 15 is 0 Å². The second-order valence-corrected chi connectivity index (χ2v) is 8.44. The van der Waals surface area contributed by atoms with Crippen LogP contribution in [0.4, 0.5) is 5.13 Å². The van der Waals surface area contributed by atoms with Gasteiger partial charge in [-0.3, -0.25) is 10.1 Å². The van der Waals surface area contributed by atoms with Crippen molar-refractivity contribution in [2.75, 3.05) is 5.32 Å². The first-order valence-corrected chi connectivity index (χ1v) is 9.37. The molecule has 0 bridgehead atoms. The summed E-state index contributed by atoms with van der Waals surface area (Å²) >= 11 is 12.4. The summed E-state index contributed by atoms with van der Waals surface area (Å²) in [6, 6.07) is 4.12. The number of hydrogen-bond donors (Lipinski definition) is 2. The predicted octanol–water partition coefficient (Wildman–Crippen LogP) is 2.78. The molecule has 11 heteroatoms. The Morgan fingerprint density at radius 2 is 1.96 bits per heavy atom. The molecule has 2 rings (SSSR count). The summed E-state index contributed by atoms with van der Waals surface area (Å²) in [4.78, 5) is 12.1. The lowest BCUT2D eigenvalue weighted by Gasteiger charge is -2.05. The summed E-state index contributed by atoms with van der Waals surface area (Å²) in [6.45, 7) is 3.37. The normalized spacial score (nSPS) is 11.7. The lowest BCUT2D eigenvalue weighted by atomic mass is 10.2. The van der Waals surface area contributed by atoms with Crippen LogP contribution in [0.1, 0.15) is 24.2 Å². The van der Waals surface area contributed by atoms with E-state index in [-0.39, 0.29) is 26.1 Å². The molecule has 0 aliphatic heterocycles. The van der Waals surface area contributed by atoms with Crippen molar-refractivity contribution < 1.29 is 13.2 Å². The Morgan fingerprint density at radius 3 is 2.57 bits per heavy atom. The minimum atomic E-state index is -3.75. The van der Waals surface area contributed by atoms with E-state index < -0.39 is 15.9 Å². The van der Waals surface area contributed by atoms with Gasteiger partial charge in [-0.1, -0.05) is 34.5 Å². The third-order valence-corrected chi connectivity index (χ3v) is 5.84. The van der Waals surface area contributed by atoms with Gasteiger partial charge in [-0.25, -0.2) is 13.1 Å². The van der Waals surface area contributed by atoms with Crippen LogP contribution in [-0.2, 0) is 10.0 Å². The number of benzene rings is 1. The molecule has 1 aromatic carbocycles. The highest BCUT2D eigenvalue weighted by atomic mass is 35.5. The van der Waals surface area contributed by atoms with Crippen molar-refractivity contribution in [1.82, 2.24) is 14.9 Å². The van der Waals surface area contributed by atoms with Gasteiger partial charge >= 0.3 is 0 Å². The first-order valence-electron chi connectivity index (χ1n) is 6.31. The molecule has 1 aromatic heterocycles. The smallest absolute Gasteiger partial charge is 0.270 e. The Labute approximate surface area is 147 Å². The number of hydrogen-bond acceptors (Lipinski definition) is 6. The minimum absolute atomic E-state index is 0.0464. The van der Waals surface area contributed by atoms with Gasteiger partial charge in [0.1, 0.15) is 0 Å². The van der Waals surface area contributed by atoms with Gasteiger partial charge in [0.2, 0.25) is 9.47 Å². The van der Waals surface area contributed by atoms with E-state index in [9.17, 15) is 13.2 Å². The quantitative estimate of drug-likeness (QED) is 0.759. The van der Waals surface area contributed by atoms with Crippen molar-refractivity contribution >= 4 is 55.6 Å². The van der Waals surface area contributed by atoms with E-state index in [0.29, 0.717) is 5.02 Å². The lowest BCUT2D eigenvalue weighted by molar-refractivity contribution is 0.102. The highest BCUT2D eigenvalue weighted by Crippen LogP contribution is 2.24. The lowest BCUT2D eigenvalue weighted by Crippen LogP contribution is -2.30. The average Bonchev–Trinajstić information content (AvgIpc) is 2.86. The molecular formula is C12H12Cl2N4O3S2. The maximum absolute atomic E-state index is 12.1. The van der Waals surface area contributed by atoms with E-state index in [1.807, 2.05) is 0 Å². The molecule has 7 nitrogen and oxygen atoms in total. The number of rotatable bonds is 5. The highest BCUT2D eigenvalue weighted by molar-refractivity contribution is 7.91. The zero-order valence-electron chi connectivity index (χ0n) is 12.0. The number of carbonyl (C=O) groups is 1. The molecule has 23 heavy (non-hydrogen) atoms. The number of nitrogens with one attached hydrogen (secondary N) is 2. The van der Waals surface area contributed by atoms with Crippen LogP contribution >= 0.6 is 34.5 Å². The van der Waals surface area contributed by atoms with Crippen LogP contribution in [0, 0.1) is 0 Å². The van der Waals surface area contributed by atoms with Gasteiger partial charge in [0.25, 0.3) is 15.9 Å². The van der Waals surface area contributed by atoms with Crippen LogP contribution < -0.4 is 10.0 Å². The number of carbonyl (C=O) groups excluding carboxylic acids is 1. The molecule has 0 aliphatic rings. The maximum atomic E-state index is 12.1. The highest BCUT2D eigenvalue weighted by Gasteiger charge is 2.22. The van der Waals surface area contributed by atoms with Crippen molar-refractivity contribution in [3.63, 3.8) is 0 Å². The Bertz CT molecular complexity index is 837. The number of anilines is 1. The fourth-order valence-corrected chi connectivity index (χ4v) is 4.22. The molecule has 2 N–H and O–H groups in total. The Kier molecular flexibility index (Phi) is 5.58. The largest absolute Gasteiger partial charge is 0.296 e. The van der Waals surface area contributed by atoms with Crippen LogP contribution in [0.3, 0.4) is 0 Å². The predicted molar refractivity (Wildman–Crippen MR) is 89.8 cm³/mol. The number of aromatic nitrogens is 2. The third kappa shape index (κ3) is 4.61. The van der Waals surface area contributed by atoms with Gasteiger partial charge in [-0.15, -0.1) is 10.2 Å². The SMILES string of the molecule is CC(C)NS(=O)(=O)c1nnc(NC(=O)c2ccc(Cl)cc2Cl)s1. The number of amides is 1. The minimum Gasteiger partial charge on any atom is -0.296 e. The summed E-state index contributed by atoms with van der Waals surface area (Å²) in [5, 5.41) is 10.3. The maximum Gasteiger partial charge on any atom is 0.270 e. The van der Waals surface area contributed by atoms with Crippen molar-refractivity contribution in [1.29, 1.82) is 0 Å². The second-order valence-electron chi connectivity index (χ2n) is 4.73. The van der Waals surface area contributed by atoms with Gasteiger partial charge < -0.3 is 0 Å². The van der Waals surface area contributed by atoms with E-state index in [0.717, 1.165) is 11.3 Å². The number of nitrogens with zero attached hydrogens (tertiary/aromatic N) is 2. The fraction of sp³-hybridized carbons (Fsp3) is 0.250. The third-order valence-electron chi connectivity index (χ3n) is 2.42. The van der Waals surface area contributed by atoms with Crippen molar-refractivity contribution in [3.8, 4) is 0 Å². The number of halogens is 2. The van der Waals surface area contributed by atoms with Gasteiger partial charge in [-0.05, 0) is 32.0 Å². The average molecular weight is 395 g/mol. The molecule has 0 fully saturated rings. The zero-order valence-corrected chi connectivity index (χ0v) is 15.1. The molecule has 0 saturated carbocycles. The van der Waals surface area contributed by atoms with Crippen LogP contribution in [0.5, 0.6) is 0 Å². The summed E-state index contributed by atoms with van der Waals surface area (Å²) < 4.78 is 26.1. The molecule has 0 radical (unpaired) electrons. The molecule has 0 spiro atoms. The summed E-state index contributed by atoms with van der Waals surface area (Å²) in [5.74, 6) is -0.538. The van der Waals surface area contributed by atoms with Gasteiger partial charge in [0, 0.05) is 11.1 Å². The molecule has 0 saturated heterocycles. The van der Waals surface area contributed by atoms with Gasteiger partial charge in [-0.2, -0.15) is 0 Å². The Balaban J connectivity index is 2.17. The summed E-state index contributed by atoms with van der Waals surface area (Å²) in [7, 11) is -3.75. The Hall–Kier alpha value is -1.26. The van der Waals surface area contributed by atoms with E-state index in [4.69, 9.17) is 23.2 Å². The first-order chi connectivity index (χ1) is 10.7. The summed E-state index contributed by atoms with van der Waals surface area (Å²) in [5.41, 5.74) is 0.191. The van der Waals surface area contributed by atoms with Crippen LogP contribution in [-0.4, -0.2) is 30.6 Å². The van der Waals surface area contributed by atoms with Crippen molar-refractivity contribution in [2.45, 2.75) is 24.2 Å². The molecule has 0 aliphatic carbocycles. The van der Waals surface area contributed by atoms with Crippen molar-refractivity contribution in [2.24, 2.45) is 0 Å². The van der Waals surface area contributed by atoms with Crippen LogP contribution in [0.25, 0.3) is 0 Å². The van der Waals surface area contributed by atoms with E-state index in [1.165, 1.54) is 18.2 Å². The van der Waals surface area contributed by atoms with E-state index in [1.54, 1.807) is 13.8 Å². The number of sulfonamides is 1. The van der Waals surface area contributed by atoms with Crippen LogP contribution in [0.2, 0.25) is 10.0 Å². The molecular weight excluding hydrogens is 383 g/mol. The second kappa shape index (κ2) is 7.10. The zero-order chi connectivity index (χ0) is 17.2. The Morgan fingerprint density at radius 1 is 1.26 bits per heavy atom. The van der Waals surface area contributed by atoms with Crippen molar-refractivity contribution in [3.05, 3.63) is 33.8 Å². The van der Waals surface area contributed by atoms with Gasteiger partial charge in [0.05, 0.1) is 10.6 Å². The molecule has 1 amide bonds. The monoisotopic (exact) mass is 394 g/mol. The molecule has 124 valence electrons. The first kappa shape index (κ1) is 18.1. The fourth-order valence-electron chi connectivity index (χ4n) is 1.57. The molecule has 0 atom stereocenters. The molecule has 0 unspecified atom stereocenters. The molecule has 1 heterocycles. The summed E-state index contributed by atoms with van der Waals surface area (Å²) in [6.07, 6.45) is 0. The standard InChI is InChI=1S/C12H12Cl2N4O3S2/c1-6(2)18-23(20,21)12-17-16-11(22-12)15-10(19)8-4-3-7(13)5-9(8)14/h3-6,18H,1-2H3,(H,15,16,19). The molecule has 2 aromatic rings. The van der Waals surface area contributed by atoms with E-state index in [2.05, 4.69) is 20.2 Å². The topological polar surface area (TPSA) is 101 Å².